The molecule has 0 fully saturated rings. The van der Waals surface area contributed by atoms with Gasteiger partial charge in [-0.1, -0.05) is 24.3 Å². The number of ether oxygens (including phenoxy) is 2. The number of aryl methyl sites for hydroxylation is 1. The van der Waals surface area contributed by atoms with Gasteiger partial charge in [0.25, 0.3) is 0 Å². The highest BCUT2D eigenvalue weighted by Crippen LogP contribution is 2.16. The zero-order chi connectivity index (χ0) is 13.9. The number of nitrogens with two attached hydrogens (primary N) is 1. The van der Waals surface area contributed by atoms with Crippen molar-refractivity contribution in [1.82, 2.24) is 0 Å². The molecule has 0 bridgehead atoms. The fraction of sp³-hybridized carbons (Fsp3) is 0.625. The number of methoxy groups -OCH3 is 1. The molecule has 0 aliphatic rings. The van der Waals surface area contributed by atoms with Gasteiger partial charge >= 0.3 is 0 Å². The third-order valence-corrected chi connectivity index (χ3v) is 3.44. The molecule has 0 saturated carbocycles. The molecule has 1 aromatic rings. The predicted molar refractivity (Wildman–Crippen MR) is 79.4 cm³/mol. The number of rotatable bonds is 10. The van der Waals surface area contributed by atoms with Gasteiger partial charge in [-0.25, -0.2) is 0 Å². The molecule has 0 amide bonds. The Labute approximate surface area is 117 Å². The molecule has 108 valence electrons. The first-order valence-electron chi connectivity index (χ1n) is 7.09. The van der Waals surface area contributed by atoms with Crippen molar-refractivity contribution < 1.29 is 9.47 Å². The maximum atomic E-state index is 5.87. The maximum Gasteiger partial charge on any atom is 0.0700 e. The van der Waals surface area contributed by atoms with Gasteiger partial charge in [0.15, 0.2) is 0 Å². The first-order valence-corrected chi connectivity index (χ1v) is 7.09. The molecule has 0 aliphatic carbocycles. The summed E-state index contributed by atoms with van der Waals surface area (Å²) in [5.74, 6) is 0.548. The molecule has 1 atom stereocenters. The highest BCUT2D eigenvalue weighted by Gasteiger charge is 2.09. The molecule has 1 aromatic carbocycles. The van der Waals surface area contributed by atoms with Crippen LogP contribution in [0.15, 0.2) is 24.3 Å². The number of benzene rings is 1. The largest absolute Gasteiger partial charge is 0.382 e. The van der Waals surface area contributed by atoms with Crippen LogP contribution in [-0.2, 0) is 15.9 Å². The number of hydrogen-bond acceptors (Lipinski definition) is 3. The van der Waals surface area contributed by atoms with Crippen LogP contribution >= 0.6 is 0 Å². The van der Waals surface area contributed by atoms with Crippen molar-refractivity contribution in [3.63, 3.8) is 0 Å². The molecule has 2 N–H and O–H groups in total. The summed E-state index contributed by atoms with van der Waals surface area (Å²) in [5.41, 5.74) is 8.65. The summed E-state index contributed by atoms with van der Waals surface area (Å²) in [6.45, 7) is 5.06. The average Bonchev–Trinajstić information content (AvgIpc) is 2.43. The van der Waals surface area contributed by atoms with Crippen molar-refractivity contribution in [3.8, 4) is 0 Å². The summed E-state index contributed by atoms with van der Waals surface area (Å²) < 4.78 is 10.4. The summed E-state index contributed by atoms with van der Waals surface area (Å²) in [6.07, 6.45) is 3.26. The Morgan fingerprint density at radius 1 is 1.16 bits per heavy atom. The summed E-state index contributed by atoms with van der Waals surface area (Å²) >= 11 is 0. The molecule has 1 unspecified atom stereocenters. The van der Waals surface area contributed by atoms with Crippen molar-refractivity contribution in [2.24, 2.45) is 11.7 Å². The van der Waals surface area contributed by atoms with E-state index < -0.39 is 0 Å². The number of hydrogen-bond donors (Lipinski definition) is 1. The summed E-state index contributed by atoms with van der Waals surface area (Å²) in [7, 11) is 1.69. The molecule has 0 heterocycles. The van der Waals surface area contributed by atoms with Crippen molar-refractivity contribution in [2.45, 2.75) is 26.2 Å². The van der Waals surface area contributed by atoms with Crippen molar-refractivity contribution in [1.29, 1.82) is 0 Å². The third-order valence-electron chi connectivity index (χ3n) is 3.44. The van der Waals surface area contributed by atoms with Crippen molar-refractivity contribution >= 4 is 0 Å². The van der Waals surface area contributed by atoms with Crippen LogP contribution in [-0.4, -0.2) is 33.5 Å². The van der Waals surface area contributed by atoms with Gasteiger partial charge in [-0.15, -0.1) is 0 Å². The Balaban J connectivity index is 2.24. The van der Waals surface area contributed by atoms with E-state index in [0.717, 1.165) is 32.4 Å². The standard InChI is InChI=1S/C16H27NO2/c1-14-6-3-4-8-16(14)12-15(13-17)7-5-9-19-11-10-18-2/h3-4,6,8,15H,5,7,9-13,17H2,1-2H3. The lowest BCUT2D eigenvalue weighted by atomic mass is 9.93. The second-order valence-corrected chi connectivity index (χ2v) is 4.98. The van der Waals surface area contributed by atoms with E-state index in [1.807, 2.05) is 0 Å². The predicted octanol–water partition coefficient (Wildman–Crippen LogP) is 2.56. The zero-order valence-electron chi connectivity index (χ0n) is 12.2. The van der Waals surface area contributed by atoms with Crippen LogP contribution in [0.2, 0.25) is 0 Å². The Hall–Kier alpha value is -0.900. The minimum Gasteiger partial charge on any atom is -0.382 e. The van der Waals surface area contributed by atoms with Crippen molar-refractivity contribution in [2.75, 3.05) is 33.5 Å². The van der Waals surface area contributed by atoms with Gasteiger partial charge in [0, 0.05) is 13.7 Å². The van der Waals surface area contributed by atoms with Crippen LogP contribution < -0.4 is 5.73 Å². The highest BCUT2D eigenvalue weighted by molar-refractivity contribution is 5.25. The van der Waals surface area contributed by atoms with Gasteiger partial charge in [0.1, 0.15) is 0 Å². The topological polar surface area (TPSA) is 44.5 Å². The summed E-state index contributed by atoms with van der Waals surface area (Å²) in [5, 5.41) is 0. The van der Waals surface area contributed by atoms with E-state index in [9.17, 15) is 0 Å². The molecular weight excluding hydrogens is 238 g/mol. The second kappa shape index (κ2) is 9.96. The monoisotopic (exact) mass is 265 g/mol. The SMILES string of the molecule is COCCOCCCC(CN)Cc1ccccc1C. The minimum atomic E-state index is 0.548. The maximum absolute atomic E-state index is 5.87. The molecule has 0 spiro atoms. The van der Waals surface area contributed by atoms with E-state index in [0.29, 0.717) is 19.1 Å². The summed E-state index contributed by atoms with van der Waals surface area (Å²) in [4.78, 5) is 0. The molecule has 0 aliphatic heterocycles. The first-order chi connectivity index (χ1) is 9.27. The molecule has 19 heavy (non-hydrogen) atoms. The van der Waals surface area contributed by atoms with Crippen LogP contribution in [0.25, 0.3) is 0 Å². The van der Waals surface area contributed by atoms with Crippen LogP contribution in [0.4, 0.5) is 0 Å². The van der Waals surface area contributed by atoms with E-state index in [1.54, 1.807) is 7.11 Å². The second-order valence-electron chi connectivity index (χ2n) is 4.98. The van der Waals surface area contributed by atoms with E-state index in [-0.39, 0.29) is 0 Å². The van der Waals surface area contributed by atoms with Gasteiger partial charge in [-0.2, -0.15) is 0 Å². The van der Waals surface area contributed by atoms with Crippen LogP contribution in [0.5, 0.6) is 0 Å². The molecule has 0 saturated heterocycles. The van der Waals surface area contributed by atoms with Gasteiger partial charge < -0.3 is 15.2 Å². The van der Waals surface area contributed by atoms with E-state index in [1.165, 1.54) is 11.1 Å². The minimum absolute atomic E-state index is 0.548. The Morgan fingerprint density at radius 3 is 2.63 bits per heavy atom. The van der Waals surface area contributed by atoms with E-state index in [2.05, 4.69) is 31.2 Å². The molecular formula is C16H27NO2. The fourth-order valence-corrected chi connectivity index (χ4v) is 2.17. The van der Waals surface area contributed by atoms with Crippen molar-refractivity contribution in [3.05, 3.63) is 35.4 Å². The quantitative estimate of drug-likeness (QED) is 0.661. The van der Waals surface area contributed by atoms with Gasteiger partial charge in [-0.3, -0.25) is 0 Å². The molecule has 3 heteroatoms. The van der Waals surface area contributed by atoms with E-state index in [4.69, 9.17) is 15.2 Å². The van der Waals surface area contributed by atoms with Gasteiger partial charge in [0.05, 0.1) is 13.2 Å². The fourth-order valence-electron chi connectivity index (χ4n) is 2.17. The third kappa shape index (κ3) is 6.71. The van der Waals surface area contributed by atoms with Gasteiger partial charge in [0.2, 0.25) is 0 Å². The molecule has 1 rings (SSSR count). The Kier molecular flexibility index (Phi) is 8.47. The summed E-state index contributed by atoms with van der Waals surface area (Å²) in [6, 6.07) is 8.55. The molecule has 3 nitrogen and oxygen atoms in total. The van der Waals surface area contributed by atoms with Gasteiger partial charge in [-0.05, 0) is 49.8 Å². The molecule has 0 radical (unpaired) electrons. The van der Waals surface area contributed by atoms with Crippen LogP contribution in [0.3, 0.4) is 0 Å². The lowest BCUT2D eigenvalue weighted by Crippen LogP contribution is -2.18. The van der Waals surface area contributed by atoms with E-state index >= 15 is 0 Å². The first kappa shape index (κ1) is 16.2. The lowest BCUT2D eigenvalue weighted by Gasteiger charge is -2.16. The Bertz CT molecular complexity index is 341. The Morgan fingerprint density at radius 2 is 1.95 bits per heavy atom. The zero-order valence-corrected chi connectivity index (χ0v) is 12.2. The molecule has 0 aromatic heterocycles. The normalized spacial score (nSPS) is 12.6. The van der Waals surface area contributed by atoms with Crippen LogP contribution in [0.1, 0.15) is 24.0 Å². The smallest absolute Gasteiger partial charge is 0.0700 e. The highest BCUT2D eigenvalue weighted by atomic mass is 16.5. The lowest BCUT2D eigenvalue weighted by molar-refractivity contribution is 0.0673. The average molecular weight is 265 g/mol. The van der Waals surface area contributed by atoms with Crippen LogP contribution in [0, 0.1) is 12.8 Å².